The lowest BCUT2D eigenvalue weighted by Crippen LogP contribution is -2.33. The molecule has 2 heterocycles. The molecule has 0 N–H and O–H groups in total. The Morgan fingerprint density at radius 1 is 1.09 bits per heavy atom. The Kier molecular flexibility index (Phi) is 4.34. The highest BCUT2D eigenvalue weighted by molar-refractivity contribution is 8.18. The molecule has 23 heavy (non-hydrogen) atoms. The highest BCUT2D eigenvalue weighted by atomic mass is 32.2. The van der Waals surface area contributed by atoms with E-state index in [-0.39, 0.29) is 12.3 Å². The van der Waals surface area contributed by atoms with Gasteiger partial charge in [0.15, 0.2) is 5.78 Å². The van der Waals surface area contributed by atoms with Crippen molar-refractivity contribution in [2.75, 3.05) is 6.54 Å². The van der Waals surface area contributed by atoms with Crippen LogP contribution in [-0.2, 0) is 4.79 Å². The number of amides is 2. The molecule has 114 valence electrons. The third-order valence-electron chi connectivity index (χ3n) is 3.27. The SMILES string of the molecule is O=C(CN1C(=O)SC(=Cc2ccncc2)C1=O)c1ccccc1. The molecule has 1 aromatic carbocycles. The fourth-order valence-corrected chi connectivity index (χ4v) is 2.94. The summed E-state index contributed by atoms with van der Waals surface area (Å²) in [6.07, 6.45) is 4.84. The summed E-state index contributed by atoms with van der Waals surface area (Å²) in [5, 5.41) is -0.431. The van der Waals surface area contributed by atoms with Crippen molar-refractivity contribution in [1.29, 1.82) is 0 Å². The molecule has 1 aromatic heterocycles. The number of Topliss-reactive ketones (excluding diaryl/α,β-unsaturated/α-hetero) is 1. The van der Waals surface area contributed by atoms with Crippen LogP contribution >= 0.6 is 11.8 Å². The van der Waals surface area contributed by atoms with Gasteiger partial charge in [-0.25, -0.2) is 0 Å². The van der Waals surface area contributed by atoms with Gasteiger partial charge in [0.25, 0.3) is 11.1 Å². The van der Waals surface area contributed by atoms with Crippen LogP contribution in [0.4, 0.5) is 4.79 Å². The summed E-state index contributed by atoms with van der Waals surface area (Å²) in [7, 11) is 0. The van der Waals surface area contributed by atoms with Gasteiger partial charge < -0.3 is 0 Å². The van der Waals surface area contributed by atoms with Crippen LogP contribution in [-0.4, -0.2) is 33.4 Å². The maximum atomic E-state index is 12.3. The van der Waals surface area contributed by atoms with E-state index in [4.69, 9.17) is 0 Å². The summed E-state index contributed by atoms with van der Waals surface area (Å²) in [5.41, 5.74) is 1.25. The standard InChI is InChI=1S/C17H12N2O3S/c20-14(13-4-2-1-3-5-13)11-19-16(21)15(23-17(19)22)10-12-6-8-18-9-7-12/h1-10H,11H2. The van der Waals surface area contributed by atoms with E-state index in [2.05, 4.69) is 4.98 Å². The predicted octanol–water partition coefficient (Wildman–Crippen LogP) is 3.00. The third kappa shape index (κ3) is 3.37. The Hall–Kier alpha value is -2.73. The minimum Gasteiger partial charge on any atom is -0.292 e. The Morgan fingerprint density at radius 3 is 2.48 bits per heavy atom. The second-order valence-electron chi connectivity index (χ2n) is 4.84. The molecular weight excluding hydrogens is 312 g/mol. The zero-order chi connectivity index (χ0) is 16.2. The fraction of sp³-hybridized carbons (Fsp3) is 0.0588. The Bertz CT molecular complexity index is 788. The molecule has 1 aliphatic heterocycles. The molecule has 6 heteroatoms. The first kappa shape index (κ1) is 15.2. The van der Waals surface area contributed by atoms with Crippen molar-refractivity contribution >= 4 is 34.8 Å². The highest BCUT2D eigenvalue weighted by Gasteiger charge is 2.36. The van der Waals surface area contributed by atoms with E-state index in [0.29, 0.717) is 10.5 Å². The first-order chi connectivity index (χ1) is 11.1. The molecule has 1 aliphatic rings. The highest BCUT2D eigenvalue weighted by Crippen LogP contribution is 2.32. The predicted molar refractivity (Wildman–Crippen MR) is 87.7 cm³/mol. The quantitative estimate of drug-likeness (QED) is 0.639. The van der Waals surface area contributed by atoms with E-state index >= 15 is 0 Å². The minimum atomic E-state index is -0.443. The van der Waals surface area contributed by atoms with E-state index < -0.39 is 11.1 Å². The molecule has 2 amide bonds. The second-order valence-corrected chi connectivity index (χ2v) is 5.83. The number of benzene rings is 1. The second kappa shape index (κ2) is 6.58. The third-order valence-corrected chi connectivity index (χ3v) is 4.18. The molecule has 2 aromatic rings. The van der Waals surface area contributed by atoms with Crippen molar-refractivity contribution in [2.45, 2.75) is 0 Å². The van der Waals surface area contributed by atoms with Crippen LogP contribution in [0, 0.1) is 0 Å². The van der Waals surface area contributed by atoms with Gasteiger partial charge in [0.1, 0.15) is 0 Å². The molecular formula is C17H12N2O3S. The Labute approximate surface area is 137 Å². The van der Waals surface area contributed by atoms with Gasteiger partial charge in [-0.15, -0.1) is 0 Å². The molecule has 0 unspecified atom stereocenters. The lowest BCUT2D eigenvalue weighted by Gasteiger charge is -2.11. The topological polar surface area (TPSA) is 67.3 Å². The van der Waals surface area contributed by atoms with Crippen LogP contribution in [0.25, 0.3) is 6.08 Å². The molecule has 0 aliphatic carbocycles. The summed E-state index contributed by atoms with van der Waals surface area (Å²) in [6, 6.07) is 12.1. The van der Waals surface area contributed by atoms with Crippen molar-refractivity contribution in [3.63, 3.8) is 0 Å². The molecule has 0 spiro atoms. The number of pyridine rings is 1. The van der Waals surface area contributed by atoms with Gasteiger partial charge in [0.05, 0.1) is 11.4 Å². The summed E-state index contributed by atoms with van der Waals surface area (Å²) in [6.45, 7) is -0.248. The van der Waals surface area contributed by atoms with Gasteiger partial charge in [0.2, 0.25) is 0 Å². The molecule has 1 saturated heterocycles. The summed E-state index contributed by atoms with van der Waals surface area (Å²) < 4.78 is 0. The zero-order valence-electron chi connectivity index (χ0n) is 12.0. The van der Waals surface area contributed by atoms with Crippen LogP contribution < -0.4 is 0 Å². The monoisotopic (exact) mass is 324 g/mol. The van der Waals surface area contributed by atoms with Crippen molar-refractivity contribution < 1.29 is 14.4 Å². The fourth-order valence-electron chi connectivity index (χ4n) is 2.11. The molecule has 0 saturated carbocycles. The van der Waals surface area contributed by atoms with E-state index in [9.17, 15) is 14.4 Å². The van der Waals surface area contributed by atoms with Gasteiger partial charge in [-0.1, -0.05) is 30.3 Å². The van der Waals surface area contributed by atoms with Crippen molar-refractivity contribution in [2.24, 2.45) is 0 Å². The number of nitrogens with zero attached hydrogens (tertiary/aromatic N) is 2. The molecule has 3 rings (SSSR count). The number of hydrogen-bond acceptors (Lipinski definition) is 5. The number of imide groups is 1. The lowest BCUT2D eigenvalue weighted by molar-refractivity contribution is -0.122. The first-order valence-electron chi connectivity index (χ1n) is 6.89. The average Bonchev–Trinajstić information content (AvgIpc) is 2.84. The number of carbonyl (C=O) groups is 3. The van der Waals surface area contributed by atoms with Gasteiger partial charge >= 0.3 is 0 Å². The number of thioether (sulfide) groups is 1. The van der Waals surface area contributed by atoms with Gasteiger partial charge in [-0.2, -0.15) is 0 Å². The number of ketones is 1. The van der Waals surface area contributed by atoms with Gasteiger partial charge in [-0.05, 0) is 35.5 Å². The number of aromatic nitrogens is 1. The maximum Gasteiger partial charge on any atom is 0.293 e. The zero-order valence-corrected chi connectivity index (χ0v) is 12.8. The summed E-state index contributed by atoms with van der Waals surface area (Å²) >= 11 is 0.840. The van der Waals surface area contributed by atoms with E-state index in [1.807, 2.05) is 0 Å². The molecule has 5 nitrogen and oxygen atoms in total. The summed E-state index contributed by atoms with van der Waals surface area (Å²) in [4.78, 5) is 41.7. The number of rotatable bonds is 4. The van der Waals surface area contributed by atoms with Crippen LogP contribution in [0.5, 0.6) is 0 Å². The number of hydrogen-bond donors (Lipinski definition) is 0. The maximum absolute atomic E-state index is 12.3. The molecule has 0 bridgehead atoms. The molecule has 0 atom stereocenters. The molecule has 0 radical (unpaired) electrons. The van der Waals surface area contributed by atoms with Gasteiger partial charge in [-0.3, -0.25) is 24.3 Å². The lowest BCUT2D eigenvalue weighted by atomic mass is 10.1. The van der Waals surface area contributed by atoms with Gasteiger partial charge in [0, 0.05) is 18.0 Å². The summed E-state index contributed by atoms with van der Waals surface area (Å²) in [5.74, 6) is -0.709. The van der Waals surface area contributed by atoms with Crippen molar-refractivity contribution in [1.82, 2.24) is 9.88 Å². The number of carbonyl (C=O) groups excluding carboxylic acids is 3. The largest absolute Gasteiger partial charge is 0.293 e. The first-order valence-corrected chi connectivity index (χ1v) is 7.70. The van der Waals surface area contributed by atoms with Crippen LogP contribution in [0.3, 0.4) is 0 Å². The Morgan fingerprint density at radius 2 is 1.78 bits per heavy atom. The van der Waals surface area contributed by atoms with Crippen molar-refractivity contribution in [3.8, 4) is 0 Å². The molecule has 1 fully saturated rings. The van der Waals surface area contributed by atoms with E-state index in [1.165, 1.54) is 0 Å². The van der Waals surface area contributed by atoms with E-state index in [1.54, 1.807) is 60.9 Å². The van der Waals surface area contributed by atoms with Crippen LogP contribution in [0.2, 0.25) is 0 Å². The van der Waals surface area contributed by atoms with Crippen molar-refractivity contribution in [3.05, 3.63) is 70.9 Å². The minimum absolute atomic E-state index is 0.248. The van der Waals surface area contributed by atoms with Crippen LogP contribution in [0.1, 0.15) is 15.9 Å². The average molecular weight is 324 g/mol. The Balaban J connectivity index is 1.77. The van der Waals surface area contributed by atoms with E-state index in [0.717, 1.165) is 22.2 Å². The van der Waals surface area contributed by atoms with Crippen LogP contribution in [0.15, 0.2) is 59.8 Å². The smallest absolute Gasteiger partial charge is 0.292 e. The normalized spacial score (nSPS) is 16.2.